The maximum atomic E-state index is 8.98. The van der Waals surface area contributed by atoms with E-state index in [-0.39, 0.29) is 17.2 Å². The number of aromatic nitrogens is 2. The molecule has 0 bridgehead atoms. The van der Waals surface area contributed by atoms with Crippen LogP contribution < -0.4 is 5.73 Å². The quantitative estimate of drug-likeness (QED) is 0.348. The molecule has 18 heavy (non-hydrogen) atoms. The molecule has 96 valence electrons. The lowest BCUT2D eigenvalue weighted by Crippen LogP contribution is -2.06. The molecule has 0 aliphatic heterocycles. The number of anilines is 1. The van der Waals surface area contributed by atoms with Crippen molar-refractivity contribution in [1.82, 2.24) is 10.3 Å². The fourth-order valence-electron chi connectivity index (χ4n) is 1.28. The van der Waals surface area contributed by atoms with Gasteiger partial charge >= 0.3 is 0 Å². The summed E-state index contributed by atoms with van der Waals surface area (Å²) >= 11 is 0. The van der Waals surface area contributed by atoms with E-state index in [4.69, 9.17) is 10.9 Å². The van der Waals surface area contributed by atoms with Crippen LogP contribution in [0.25, 0.3) is 0 Å². The van der Waals surface area contributed by atoms with Gasteiger partial charge in [-0.05, 0) is 22.3 Å². The molecule has 6 nitrogen and oxygen atoms in total. The van der Waals surface area contributed by atoms with Gasteiger partial charge in [0.05, 0.1) is 0 Å². The van der Waals surface area contributed by atoms with Gasteiger partial charge in [0.1, 0.15) is 5.71 Å². The van der Waals surface area contributed by atoms with Crippen LogP contribution in [0.5, 0.6) is 0 Å². The highest BCUT2D eigenvalue weighted by molar-refractivity contribution is 6.03. The van der Waals surface area contributed by atoms with Crippen molar-refractivity contribution in [2.45, 2.75) is 19.8 Å². The predicted octanol–water partition coefficient (Wildman–Crippen LogP) is 2.30. The minimum absolute atomic E-state index is 0.0929. The number of rotatable bonds is 6. The lowest BCUT2D eigenvalue weighted by molar-refractivity contribution is 0.304. The van der Waals surface area contributed by atoms with Crippen molar-refractivity contribution in [3.05, 3.63) is 42.2 Å². The van der Waals surface area contributed by atoms with E-state index in [0.29, 0.717) is 6.42 Å². The minimum atomic E-state index is 0.0929. The van der Waals surface area contributed by atoms with Crippen LogP contribution in [0, 0.1) is 0 Å². The van der Waals surface area contributed by atoms with Gasteiger partial charge in [0.2, 0.25) is 0 Å². The summed E-state index contributed by atoms with van der Waals surface area (Å²) in [6, 6.07) is 0. The predicted molar refractivity (Wildman–Crippen MR) is 69.4 cm³/mol. The molecular formula is C12H16N4O2. The van der Waals surface area contributed by atoms with Gasteiger partial charge in [-0.2, -0.15) is 0 Å². The van der Waals surface area contributed by atoms with Crippen LogP contribution in [0.4, 0.5) is 5.82 Å². The molecule has 3 N–H and O–H groups in total. The van der Waals surface area contributed by atoms with Crippen molar-refractivity contribution >= 4 is 11.5 Å². The molecule has 0 aliphatic rings. The molecule has 0 aliphatic carbocycles. The number of nitrogens with zero attached hydrogens (tertiary/aromatic N) is 3. The van der Waals surface area contributed by atoms with Gasteiger partial charge in [0.15, 0.2) is 11.5 Å². The summed E-state index contributed by atoms with van der Waals surface area (Å²) < 4.78 is 4.47. The van der Waals surface area contributed by atoms with E-state index in [9.17, 15) is 0 Å². The lowest BCUT2D eigenvalue weighted by atomic mass is 10.1. The van der Waals surface area contributed by atoms with Gasteiger partial charge in [0.25, 0.3) is 0 Å². The molecule has 6 heteroatoms. The van der Waals surface area contributed by atoms with E-state index in [2.05, 4.69) is 26.7 Å². The van der Waals surface area contributed by atoms with Crippen LogP contribution in [0.1, 0.15) is 25.5 Å². The third-order valence-electron chi connectivity index (χ3n) is 2.22. The largest absolute Gasteiger partial charge is 0.411 e. The van der Waals surface area contributed by atoms with Gasteiger partial charge < -0.3 is 10.9 Å². The molecular weight excluding hydrogens is 232 g/mol. The summed E-state index contributed by atoms with van der Waals surface area (Å²) in [5.41, 5.74) is 6.93. The van der Waals surface area contributed by atoms with E-state index in [1.807, 2.05) is 25.2 Å². The molecule has 0 aromatic carbocycles. The monoisotopic (exact) mass is 248 g/mol. The van der Waals surface area contributed by atoms with Crippen LogP contribution in [0.15, 0.2) is 46.2 Å². The second-order valence-corrected chi connectivity index (χ2v) is 3.50. The van der Waals surface area contributed by atoms with Crippen LogP contribution >= 0.6 is 0 Å². The average molecular weight is 248 g/mol. The van der Waals surface area contributed by atoms with Crippen molar-refractivity contribution in [2.75, 3.05) is 5.73 Å². The standard InChI is InChI=1S/C12H16N4O2/c1-3-5-6-7-9(4-2)8-10(14-17)11-12(13)16-18-15-11/h4-7,17H,2-3,8H2,1H3,(H2,13,16)/b6-5-,9-7+,14-10+. The normalized spacial score (nSPS) is 13.2. The third-order valence-corrected chi connectivity index (χ3v) is 2.22. The summed E-state index contributed by atoms with van der Waals surface area (Å²) in [4.78, 5) is 0. The van der Waals surface area contributed by atoms with Crippen molar-refractivity contribution in [1.29, 1.82) is 0 Å². The molecule has 0 spiro atoms. The highest BCUT2D eigenvalue weighted by Gasteiger charge is 2.15. The molecule has 0 atom stereocenters. The zero-order valence-corrected chi connectivity index (χ0v) is 10.2. The molecule has 1 heterocycles. The van der Waals surface area contributed by atoms with E-state index >= 15 is 0 Å². The molecule has 1 aromatic rings. The Morgan fingerprint density at radius 2 is 2.33 bits per heavy atom. The Morgan fingerprint density at radius 3 is 2.83 bits per heavy atom. The molecule has 0 radical (unpaired) electrons. The Labute approximate surface area is 105 Å². The zero-order valence-electron chi connectivity index (χ0n) is 10.2. The van der Waals surface area contributed by atoms with E-state index in [1.165, 1.54) is 0 Å². The number of oxime groups is 1. The number of hydrogen-bond donors (Lipinski definition) is 2. The Balaban J connectivity index is 2.86. The zero-order chi connectivity index (χ0) is 13.4. The van der Waals surface area contributed by atoms with Crippen molar-refractivity contribution in [3.63, 3.8) is 0 Å². The number of hydrogen-bond acceptors (Lipinski definition) is 6. The number of nitrogen functional groups attached to an aromatic ring is 1. The topological polar surface area (TPSA) is 97.5 Å². The molecule has 0 fully saturated rings. The van der Waals surface area contributed by atoms with Crippen LogP contribution in [0.2, 0.25) is 0 Å². The Morgan fingerprint density at radius 1 is 1.56 bits per heavy atom. The van der Waals surface area contributed by atoms with Crippen LogP contribution in [0.3, 0.4) is 0 Å². The number of allylic oxidation sites excluding steroid dienone is 5. The molecule has 0 saturated heterocycles. The smallest absolute Gasteiger partial charge is 0.197 e. The first-order chi connectivity index (χ1) is 8.72. The first kappa shape index (κ1) is 13.7. The lowest BCUT2D eigenvalue weighted by Gasteiger charge is -2.01. The fourth-order valence-corrected chi connectivity index (χ4v) is 1.28. The molecule has 0 unspecified atom stereocenters. The van der Waals surface area contributed by atoms with E-state index in [0.717, 1.165) is 12.0 Å². The number of nitrogens with two attached hydrogens (primary N) is 1. The Kier molecular flexibility index (Phi) is 5.37. The highest BCUT2D eigenvalue weighted by Crippen LogP contribution is 2.14. The van der Waals surface area contributed by atoms with Crippen molar-refractivity contribution in [3.8, 4) is 0 Å². The van der Waals surface area contributed by atoms with Crippen molar-refractivity contribution in [2.24, 2.45) is 5.16 Å². The van der Waals surface area contributed by atoms with Gasteiger partial charge in [-0.25, -0.2) is 4.63 Å². The maximum absolute atomic E-state index is 8.98. The van der Waals surface area contributed by atoms with E-state index in [1.54, 1.807) is 6.08 Å². The van der Waals surface area contributed by atoms with Crippen LogP contribution in [-0.4, -0.2) is 21.2 Å². The Bertz CT molecular complexity index is 486. The summed E-state index contributed by atoms with van der Waals surface area (Å²) in [7, 11) is 0. The minimum Gasteiger partial charge on any atom is -0.411 e. The van der Waals surface area contributed by atoms with Gasteiger partial charge in [0, 0.05) is 6.42 Å². The molecule has 0 amide bonds. The first-order valence-electron chi connectivity index (χ1n) is 5.50. The summed E-state index contributed by atoms with van der Waals surface area (Å²) in [6.45, 7) is 5.74. The molecule has 1 aromatic heterocycles. The summed E-state index contributed by atoms with van der Waals surface area (Å²) in [5.74, 6) is 0.0929. The Hall–Kier alpha value is -2.37. The second-order valence-electron chi connectivity index (χ2n) is 3.50. The van der Waals surface area contributed by atoms with Gasteiger partial charge in [-0.1, -0.05) is 43.0 Å². The fraction of sp³-hybridized carbons (Fsp3) is 0.250. The molecule has 1 rings (SSSR count). The van der Waals surface area contributed by atoms with Gasteiger partial charge in [-0.15, -0.1) is 0 Å². The van der Waals surface area contributed by atoms with Gasteiger partial charge in [-0.3, -0.25) is 0 Å². The summed E-state index contributed by atoms with van der Waals surface area (Å²) in [6.07, 6.45) is 8.76. The van der Waals surface area contributed by atoms with Crippen LogP contribution in [-0.2, 0) is 0 Å². The molecule has 0 saturated carbocycles. The summed E-state index contributed by atoms with van der Waals surface area (Å²) in [5, 5.41) is 19.2. The second kappa shape index (κ2) is 7.05. The van der Waals surface area contributed by atoms with Crippen molar-refractivity contribution < 1.29 is 9.84 Å². The highest BCUT2D eigenvalue weighted by atomic mass is 16.6. The SMILES string of the molecule is C=C/C(=C\C=C/CC)C/C(=N\O)c1nonc1N. The maximum Gasteiger partial charge on any atom is 0.197 e. The first-order valence-corrected chi connectivity index (χ1v) is 5.50. The third kappa shape index (κ3) is 3.58. The average Bonchev–Trinajstić information content (AvgIpc) is 2.80. The van der Waals surface area contributed by atoms with E-state index < -0.39 is 0 Å².